The Morgan fingerprint density at radius 2 is 1.76 bits per heavy atom. The molecule has 0 bridgehead atoms. The molecule has 1 heterocycles. The van der Waals surface area contributed by atoms with Gasteiger partial charge in [-0.1, -0.05) is 0 Å². The van der Waals surface area contributed by atoms with E-state index in [0.29, 0.717) is 30.4 Å². The number of esters is 1. The standard InChI is InChI=1S/C20H28O5/c1-6-22-17(21)14-9-15(11-16(10-14)23-12-13-7-8-13)18-24-19(2,3)20(4,5)25-18/h9-11,13,18H,6-8,12H2,1-5H3. The summed E-state index contributed by atoms with van der Waals surface area (Å²) in [4.78, 5) is 12.2. The van der Waals surface area contributed by atoms with Gasteiger partial charge in [0.15, 0.2) is 6.29 Å². The Balaban J connectivity index is 1.87. The van der Waals surface area contributed by atoms with Gasteiger partial charge in [0.25, 0.3) is 0 Å². The van der Waals surface area contributed by atoms with E-state index >= 15 is 0 Å². The van der Waals surface area contributed by atoms with E-state index in [0.717, 1.165) is 5.56 Å². The first-order valence-corrected chi connectivity index (χ1v) is 9.02. The first kappa shape index (κ1) is 18.2. The van der Waals surface area contributed by atoms with Crippen LogP contribution in [0.1, 0.15) is 69.7 Å². The molecule has 5 nitrogen and oxygen atoms in total. The zero-order valence-electron chi connectivity index (χ0n) is 15.8. The van der Waals surface area contributed by atoms with Crippen LogP contribution in [0.15, 0.2) is 18.2 Å². The fourth-order valence-electron chi connectivity index (χ4n) is 2.65. The number of hydrogen-bond acceptors (Lipinski definition) is 5. The van der Waals surface area contributed by atoms with Crippen molar-refractivity contribution in [3.8, 4) is 5.75 Å². The summed E-state index contributed by atoms with van der Waals surface area (Å²) in [5, 5.41) is 0. The van der Waals surface area contributed by atoms with E-state index in [-0.39, 0.29) is 5.97 Å². The molecule has 3 rings (SSSR count). The smallest absolute Gasteiger partial charge is 0.338 e. The Hall–Kier alpha value is -1.59. The van der Waals surface area contributed by atoms with E-state index in [1.54, 1.807) is 19.1 Å². The second-order valence-corrected chi connectivity index (χ2v) is 7.85. The molecular formula is C20H28O5. The highest BCUT2D eigenvalue weighted by molar-refractivity contribution is 5.90. The van der Waals surface area contributed by atoms with Gasteiger partial charge in [-0.25, -0.2) is 4.79 Å². The Labute approximate surface area is 149 Å². The summed E-state index contributed by atoms with van der Waals surface area (Å²) in [5.74, 6) is 0.922. The fourth-order valence-corrected chi connectivity index (χ4v) is 2.65. The van der Waals surface area contributed by atoms with Gasteiger partial charge in [0, 0.05) is 5.56 Å². The summed E-state index contributed by atoms with van der Waals surface area (Å²) in [6.45, 7) is 10.8. The average Bonchev–Trinajstić information content (AvgIpc) is 3.32. The Kier molecular flexibility index (Phi) is 4.82. The normalized spacial score (nSPS) is 22.0. The molecule has 1 aliphatic carbocycles. The average molecular weight is 348 g/mol. The van der Waals surface area contributed by atoms with Gasteiger partial charge in [-0.15, -0.1) is 0 Å². The third-order valence-electron chi connectivity index (χ3n) is 5.15. The van der Waals surface area contributed by atoms with Crippen molar-refractivity contribution in [3.05, 3.63) is 29.3 Å². The SMILES string of the molecule is CCOC(=O)c1cc(OCC2CC2)cc(C2OC(C)(C)C(C)(C)O2)c1. The van der Waals surface area contributed by atoms with Crippen molar-refractivity contribution in [1.29, 1.82) is 0 Å². The molecule has 5 heteroatoms. The van der Waals surface area contributed by atoms with Gasteiger partial charge in [0.1, 0.15) is 5.75 Å². The third-order valence-corrected chi connectivity index (χ3v) is 5.15. The lowest BCUT2D eigenvalue weighted by Crippen LogP contribution is -2.41. The maximum absolute atomic E-state index is 12.2. The van der Waals surface area contributed by atoms with E-state index in [1.165, 1.54) is 12.8 Å². The van der Waals surface area contributed by atoms with Crippen molar-refractivity contribution in [2.75, 3.05) is 13.2 Å². The molecule has 25 heavy (non-hydrogen) atoms. The molecule has 0 radical (unpaired) electrons. The van der Waals surface area contributed by atoms with Crippen molar-refractivity contribution in [2.24, 2.45) is 5.92 Å². The molecule has 0 aromatic heterocycles. The van der Waals surface area contributed by atoms with Crippen LogP contribution in [0.25, 0.3) is 0 Å². The Morgan fingerprint density at radius 1 is 1.12 bits per heavy atom. The molecule has 1 saturated carbocycles. The van der Waals surface area contributed by atoms with Crippen LogP contribution in [0.4, 0.5) is 0 Å². The highest BCUT2D eigenvalue weighted by atomic mass is 16.7. The number of hydrogen-bond donors (Lipinski definition) is 0. The number of carbonyl (C=O) groups is 1. The van der Waals surface area contributed by atoms with E-state index < -0.39 is 17.5 Å². The van der Waals surface area contributed by atoms with E-state index in [1.807, 2.05) is 33.8 Å². The van der Waals surface area contributed by atoms with Gasteiger partial charge >= 0.3 is 5.97 Å². The lowest BCUT2D eigenvalue weighted by Gasteiger charge is -2.30. The molecule has 0 unspecified atom stereocenters. The lowest BCUT2D eigenvalue weighted by molar-refractivity contribution is -0.0896. The van der Waals surface area contributed by atoms with Gasteiger partial charge in [-0.05, 0) is 71.6 Å². The monoisotopic (exact) mass is 348 g/mol. The highest BCUT2D eigenvalue weighted by Crippen LogP contribution is 2.45. The molecule has 1 aromatic rings. The summed E-state index contributed by atoms with van der Waals surface area (Å²) in [6, 6.07) is 5.40. The fraction of sp³-hybridized carbons (Fsp3) is 0.650. The molecule has 1 aliphatic heterocycles. The lowest BCUT2D eigenvalue weighted by atomic mass is 9.90. The second-order valence-electron chi connectivity index (χ2n) is 7.85. The number of carbonyl (C=O) groups excluding carboxylic acids is 1. The summed E-state index contributed by atoms with van der Waals surface area (Å²) in [6.07, 6.45) is 1.88. The topological polar surface area (TPSA) is 54.0 Å². The van der Waals surface area contributed by atoms with Gasteiger partial charge in [-0.3, -0.25) is 0 Å². The number of rotatable bonds is 6. The minimum Gasteiger partial charge on any atom is -0.493 e. The number of ether oxygens (including phenoxy) is 4. The molecular weight excluding hydrogens is 320 g/mol. The van der Waals surface area contributed by atoms with Crippen LogP contribution >= 0.6 is 0 Å². The molecule has 0 atom stereocenters. The van der Waals surface area contributed by atoms with Crippen LogP contribution in [0.2, 0.25) is 0 Å². The summed E-state index contributed by atoms with van der Waals surface area (Å²) in [7, 11) is 0. The first-order chi connectivity index (χ1) is 11.7. The molecule has 138 valence electrons. The van der Waals surface area contributed by atoms with Crippen LogP contribution < -0.4 is 4.74 Å². The molecule has 0 N–H and O–H groups in total. The van der Waals surface area contributed by atoms with Crippen molar-refractivity contribution in [1.82, 2.24) is 0 Å². The van der Waals surface area contributed by atoms with Gasteiger partial charge < -0.3 is 18.9 Å². The quantitative estimate of drug-likeness (QED) is 0.719. The third kappa shape index (κ3) is 3.98. The zero-order valence-corrected chi connectivity index (χ0v) is 15.8. The maximum atomic E-state index is 12.2. The van der Waals surface area contributed by atoms with Gasteiger partial charge in [-0.2, -0.15) is 0 Å². The highest BCUT2D eigenvalue weighted by Gasteiger charge is 2.49. The van der Waals surface area contributed by atoms with E-state index in [9.17, 15) is 4.79 Å². The first-order valence-electron chi connectivity index (χ1n) is 9.02. The van der Waals surface area contributed by atoms with Crippen molar-refractivity contribution in [3.63, 3.8) is 0 Å². The van der Waals surface area contributed by atoms with Crippen LogP contribution in [-0.2, 0) is 14.2 Å². The molecule has 1 saturated heterocycles. The largest absolute Gasteiger partial charge is 0.493 e. The minimum absolute atomic E-state index is 0.331. The van der Waals surface area contributed by atoms with Gasteiger partial charge in [0.2, 0.25) is 0 Å². The summed E-state index contributed by atoms with van der Waals surface area (Å²) in [5.41, 5.74) is 0.356. The molecule has 2 aliphatic rings. The van der Waals surface area contributed by atoms with Crippen molar-refractivity contribution < 1.29 is 23.7 Å². The van der Waals surface area contributed by atoms with Crippen molar-refractivity contribution in [2.45, 2.75) is 65.0 Å². The molecule has 0 amide bonds. The Morgan fingerprint density at radius 3 is 2.32 bits per heavy atom. The van der Waals surface area contributed by atoms with Crippen molar-refractivity contribution >= 4 is 5.97 Å². The molecule has 0 spiro atoms. The zero-order chi connectivity index (χ0) is 18.2. The maximum Gasteiger partial charge on any atom is 0.338 e. The minimum atomic E-state index is -0.539. The summed E-state index contributed by atoms with van der Waals surface area (Å²) >= 11 is 0. The van der Waals surface area contributed by atoms with Crippen LogP contribution in [0, 0.1) is 5.92 Å². The van der Waals surface area contributed by atoms with Crippen LogP contribution in [0.3, 0.4) is 0 Å². The van der Waals surface area contributed by atoms with E-state index in [4.69, 9.17) is 18.9 Å². The summed E-state index contributed by atoms with van der Waals surface area (Å²) < 4.78 is 23.2. The predicted molar refractivity (Wildman–Crippen MR) is 93.7 cm³/mol. The second kappa shape index (κ2) is 6.61. The van der Waals surface area contributed by atoms with E-state index in [2.05, 4.69) is 0 Å². The Bertz CT molecular complexity index is 629. The van der Waals surface area contributed by atoms with Crippen LogP contribution in [-0.4, -0.2) is 30.4 Å². The number of benzene rings is 1. The van der Waals surface area contributed by atoms with Gasteiger partial charge in [0.05, 0.1) is 30.0 Å². The molecule has 1 aromatic carbocycles. The molecule has 2 fully saturated rings. The van der Waals surface area contributed by atoms with Crippen LogP contribution in [0.5, 0.6) is 5.75 Å². The predicted octanol–water partition coefficient (Wildman–Crippen LogP) is 4.25.